The topological polar surface area (TPSA) is 106 Å². The van der Waals surface area contributed by atoms with Crippen molar-refractivity contribution in [2.24, 2.45) is 0 Å². The van der Waals surface area contributed by atoms with Crippen molar-refractivity contribution in [3.05, 3.63) is 87.8 Å². The number of aromatic hydroxyl groups is 2. The van der Waals surface area contributed by atoms with E-state index in [1.165, 1.54) is 24.5 Å². The molecule has 7 nitrogen and oxygen atoms in total. The molecule has 2 atom stereocenters. The van der Waals surface area contributed by atoms with E-state index in [9.17, 15) is 19.8 Å². The molecule has 3 heterocycles. The van der Waals surface area contributed by atoms with Gasteiger partial charge in [-0.3, -0.25) is 9.59 Å². The van der Waals surface area contributed by atoms with Crippen LogP contribution in [0.5, 0.6) is 23.0 Å². The Labute approximate surface area is 199 Å². The van der Waals surface area contributed by atoms with Crippen LogP contribution in [0.3, 0.4) is 0 Å². The number of phenolic OH excluding ortho intramolecular Hbond substituents is 2. The van der Waals surface area contributed by atoms with Gasteiger partial charge in [0, 0.05) is 23.1 Å². The summed E-state index contributed by atoms with van der Waals surface area (Å²) >= 11 is 0. The van der Waals surface area contributed by atoms with E-state index in [0.29, 0.717) is 11.1 Å². The molecule has 7 heteroatoms. The normalized spacial score (nSPS) is 18.8. The van der Waals surface area contributed by atoms with Gasteiger partial charge in [-0.05, 0) is 42.3 Å². The summed E-state index contributed by atoms with van der Waals surface area (Å²) in [6.45, 7) is 1.91. The number of fused-ring (bicyclic) bond motifs is 4. The third-order valence-electron chi connectivity index (χ3n) is 6.57. The zero-order chi connectivity index (χ0) is 24.3. The molecule has 6 rings (SSSR count). The summed E-state index contributed by atoms with van der Waals surface area (Å²) in [6.07, 6.45) is 3.03. The van der Waals surface area contributed by atoms with E-state index in [0.717, 1.165) is 16.9 Å². The van der Waals surface area contributed by atoms with E-state index in [-0.39, 0.29) is 46.3 Å². The van der Waals surface area contributed by atoms with E-state index < -0.39 is 17.3 Å². The maximum Gasteiger partial charge on any atom is 0.312 e. The maximum atomic E-state index is 13.5. The zero-order valence-electron chi connectivity index (χ0n) is 18.6. The van der Waals surface area contributed by atoms with Crippen LogP contribution in [0.1, 0.15) is 30.4 Å². The Balaban J connectivity index is 1.58. The molecule has 0 radical (unpaired) electrons. The first-order chi connectivity index (χ1) is 16.9. The van der Waals surface area contributed by atoms with Crippen LogP contribution in [0.2, 0.25) is 0 Å². The molecule has 0 amide bonds. The first kappa shape index (κ1) is 21.0. The fourth-order valence-corrected chi connectivity index (χ4v) is 4.90. The van der Waals surface area contributed by atoms with Crippen LogP contribution in [-0.2, 0) is 4.79 Å². The van der Waals surface area contributed by atoms with Crippen molar-refractivity contribution >= 4 is 23.0 Å². The molecule has 2 aliphatic rings. The van der Waals surface area contributed by atoms with Gasteiger partial charge in [0.2, 0.25) is 5.43 Å². The molecule has 0 saturated carbocycles. The maximum absolute atomic E-state index is 13.5. The minimum atomic E-state index is -0.472. The van der Waals surface area contributed by atoms with E-state index in [1.54, 1.807) is 12.1 Å². The highest BCUT2D eigenvalue weighted by Gasteiger charge is 2.37. The number of hydrogen-bond acceptors (Lipinski definition) is 7. The van der Waals surface area contributed by atoms with Crippen molar-refractivity contribution in [3.63, 3.8) is 0 Å². The summed E-state index contributed by atoms with van der Waals surface area (Å²) in [7, 11) is 0. The number of benzene rings is 3. The Morgan fingerprint density at radius 1 is 0.971 bits per heavy atom. The molecule has 0 aliphatic carbocycles. The van der Waals surface area contributed by atoms with Crippen LogP contribution < -0.4 is 14.9 Å². The molecule has 0 fully saturated rings. The molecule has 0 unspecified atom stereocenters. The molecular weight excluding hydrogens is 448 g/mol. The Morgan fingerprint density at radius 2 is 1.74 bits per heavy atom. The van der Waals surface area contributed by atoms with Crippen molar-refractivity contribution in [2.45, 2.75) is 25.4 Å². The van der Waals surface area contributed by atoms with Gasteiger partial charge in [-0.15, -0.1) is 0 Å². The van der Waals surface area contributed by atoms with Crippen LogP contribution >= 0.6 is 0 Å². The third-order valence-corrected chi connectivity index (χ3v) is 6.57. The Hall–Kier alpha value is -4.52. The molecule has 0 saturated heterocycles. The molecule has 4 aromatic rings. The van der Waals surface area contributed by atoms with Gasteiger partial charge >= 0.3 is 5.97 Å². The van der Waals surface area contributed by atoms with Gasteiger partial charge in [-0.2, -0.15) is 0 Å². The van der Waals surface area contributed by atoms with Gasteiger partial charge in [0.05, 0.1) is 12.0 Å². The van der Waals surface area contributed by atoms with Crippen molar-refractivity contribution in [1.82, 2.24) is 0 Å². The standard InChI is InChI=1S/C28H20O7/c1-14-18(10-16-4-2-3-5-22(16)34-14)19-11-24(31)35-23-12-21(30)26-27(32)20(13-33-28(26)25(19)23)15-6-8-17(29)9-7-15/h2-10,12-14,19,29-30H,11H2,1H3/t14-,19+/m1/s1. The molecule has 1 aromatic heterocycles. The second-order valence-corrected chi connectivity index (χ2v) is 8.71. The molecule has 2 aliphatic heterocycles. The largest absolute Gasteiger partial charge is 0.508 e. The number of carbonyl (C=O) groups is 1. The predicted octanol–water partition coefficient (Wildman–Crippen LogP) is 5.13. The molecule has 0 spiro atoms. The molecule has 35 heavy (non-hydrogen) atoms. The van der Waals surface area contributed by atoms with Gasteiger partial charge in [-0.25, -0.2) is 0 Å². The average molecular weight is 468 g/mol. The Bertz CT molecular complexity index is 1590. The molecule has 2 N–H and O–H groups in total. The number of esters is 1. The lowest BCUT2D eigenvalue weighted by molar-refractivity contribution is -0.135. The van der Waals surface area contributed by atoms with Crippen LogP contribution in [-0.4, -0.2) is 22.3 Å². The van der Waals surface area contributed by atoms with Crippen LogP contribution in [0.25, 0.3) is 28.2 Å². The molecule has 3 aromatic carbocycles. The van der Waals surface area contributed by atoms with Crippen LogP contribution in [0, 0.1) is 0 Å². The van der Waals surface area contributed by atoms with E-state index in [4.69, 9.17) is 13.9 Å². The smallest absolute Gasteiger partial charge is 0.312 e. The highest BCUT2D eigenvalue weighted by Crippen LogP contribution is 2.48. The zero-order valence-corrected chi connectivity index (χ0v) is 18.6. The van der Waals surface area contributed by atoms with E-state index >= 15 is 0 Å². The fourth-order valence-electron chi connectivity index (χ4n) is 4.90. The summed E-state index contributed by atoms with van der Waals surface area (Å²) in [5, 5.41) is 20.3. The van der Waals surface area contributed by atoms with Gasteiger partial charge < -0.3 is 24.1 Å². The third kappa shape index (κ3) is 3.35. The minimum Gasteiger partial charge on any atom is -0.508 e. The van der Waals surface area contributed by atoms with Crippen LogP contribution in [0.4, 0.5) is 0 Å². The van der Waals surface area contributed by atoms with Crippen molar-refractivity contribution < 1.29 is 28.9 Å². The van der Waals surface area contributed by atoms with Gasteiger partial charge in [0.1, 0.15) is 46.3 Å². The van der Waals surface area contributed by atoms with E-state index in [2.05, 4.69) is 0 Å². The number of para-hydroxylation sites is 1. The van der Waals surface area contributed by atoms with E-state index in [1.807, 2.05) is 37.3 Å². The van der Waals surface area contributed by atoms with Gasteiger partial charge in [0.25, 0.3) is 0 Å². The molecule has 174 valence electrons. The minimum absolute atomic E-state index is 0.00246. The lowest BCUT2D eigenvalue weighted by Gasteiger charge is -2.33. The highest BCUT2D eigenvalue weighted by atomic mass is 16.5. The number of carbonyl (C=O) groups excluding carboxylic acids is 1. The lowest BCUT2D eigenvalue weighted by atomic mass is 9.81. The first-order valence-corrected chi connectivity index (χ1v) is 11.2. The van der Waals surface area contributed by atoms with Gasteiger partial charge in [0.15, 0.2) is 0 Å². The SMILES string of the molecule is C[C@H]1Oc2ccccc2C=C1[C@@H]1CC(=O)Oc2cc(O)c3c(=O)c(-c4ccc(O)cc4)coc3c21. The summed E-state index contributed by atoms with van der Waals surface area (Å²) in [6, 6.07) is 15.0. The molecular formula is C28H20O7. The number of hydrogen-bond donors (Lipinski definition) is 2. The Morgan fingerprint density at radius 3 is 2.54 bits per heavy atom. The average Bonchev–Trinajstić information content (AvgIpc) is 2.83. The lowest BCUT2D eigenvalue weighted by Crippen LogP contribution is -2.29. The van der Waals surface area contributed by atoms with Gasteiger partial charge in [-0.1, -0.05) is 30.3 Å². The summed E-state index contributed by atoms with van der Waals surface area (Å²) in [4.78, 5) is 26.0. The predicted molar refractivity (Wildman–Crippen MR) is 129 cm³/mol. The Kier molecular flexibility index (Phi) is 4.67. The number of ether oxygens (including phenoxy) is 2. The van der Waals surface area contributed by atoms with Crippen molar-refractivity contribution in [3.8, 4) is 34.1 Å². The van der Waals surface area contributed by atoms with Crippen molar-refractivity contribution in [2.75, 3.05) is 0 Å². The first-order valence-electron chi connectivity index (χ1n) is 11.2. The summed E-state index contributed by atoms with van der Waals surface area (Å²) in [5.74, 6) is -0.281. The number of phenols is 2. The summed E-state index contributed by atoms with van der Waals surface area (Å²) < 4.78 is 17.5. The monoisotopic (exact) mass is 468 g/mol. The second-order valence-electron chi connectivity index (χ2n) is 8.71. The van der Waals surface area contributed by atoms with Crippen LogP contribution in [0.15, 0.2) is 75.6 Å². The molecule has 0 bridgehead atoms. The quantitative estimate of drug-likeness (QED) is 0.310. The summed E-state index contributed by atoms with van der Waals surface area (Å²) in [5.41, 5.74) is 2.76. The second kappa shape index (κ2) is 7.77. The van der Waals surface area contributed by atoms with Crippen molar-refractivity contribution in [1.29, 1.82) is 0 Å². The fraction of sp³-hybridized carbons (Fsp3) is 0.143. The number of rotatable bonds is 2. The highest BCUT2D eigenvalue weighted by molar-refractivity contribution is 5.94.